The Kier molecular flexibility index (Phi) is 7.92. The molecule has 0 radical (unpaired) electrons. The van der Waals surface area contributed by atoms with Gasteiger partial charge in [0.1, 0.15) is 17.3 Å². The average Bonchev–Trinajstić information content (AvgIpc) is 3.14. The molecule has 1 aliphatic heterocycles. The van der Waals surface area contributed by atoms with Crippen LogP contribution < -0.4 is 14.2 Å². The standard InChI is InChI=1S/C29H27ClFNO6/c1-5-38-23-14-18(8-11-22(23)36-3)25-24(26(33)20-12-16(2)13-21(30)28(20)37-4)27(34)29(35)32(25)15-17-6-9-19(31)10-7-17/h6-14,25,33H,5,15H2,1-4H3/b26-24+. The number of ether oxygens (including phenoxy) is 3. The lowest BCUT2D eigenvalue weighted by atomic mass is 9.94. The summed E-state index contributed by atoms with van der Waals surface area (Å²) in [6.45, 7) is 3.95. The zero-order valence-corrected chi connectivity index (χ0v) is 22.1. The number of nitrogens with zero attached hydrogens (tertiary/aromatic N) is 1. The van der Waals surface area contributed by atoms with Crippen LogP contribution in [0.5, 0.6) is 17.2 Å². The van der Waals surface area contributed by atoms with Gasteiger partial charge in [0.25, 0.3) is 11.7 Å². The highest BCUT2D eigenvalue weighted by molar-refractivity contribution is 6.46. The molecule has 1 amide bonds. The van der Waals surface area contributed by atoms with Crippen molar-refractivity contribution in [3.05, 3.63) is 93.3 Å². The molecule has 4 rings (SSSR count). The fourth-order valence-electron chi connectivity index (χ4n) is 4.57. The van der Waals surface area contributed by atoms with Gasteiger partial charge in [-0.25, -0.2) is 4.39 Å². The van der Waals surface area contributed by atoms with Crippen LogP contribution in [0.25, 0.3) is 5.76 Å². The first-order chi connectivity index (χ1) is 18.2. The number of methoxy groups -OCH3 is 2. The van der Waals surface area contributed by atoms with E-state index in [9.17, 15) is 19.1 Å². The van der Waals surface area contributed by atoms with Crippen molar-refractivity contribution in [3.63, 3.8) is 0 Å². The maximum Gasteiger partial charge on any atom is 0.295 e. The second-order valence-electron chi connectivity index (χ2n) is 8.72. The number of carbonyl (C=O) groups excluding carboxylic acids is 2. The van der Waals surface area contributed by atoms with E-state index in [1.54, 1.807) is 37.3 Å². The Hall–Kier alpha value is -4.04. The van der Waals surface area contributed by atoms with Crippen molar-refractivity contribution in [2.75, 3.05) is 20.8 Å². The first-order valence-electron chi connectivity index (χ1n) is 11.9. The highest BCUT2D eigenvalue weighted by Gasteiger charge is 2.46. The monoisotopic (exact) mass is 539 g/mol. The molecule has 0 aliphatic carbocycles. The summed E-state index contributed by atoms with van der Waals surface area (Å²) in [7, 11) is 2.90. The zero-order chi connectivity index (χ0) is 27.6. The molecule has 0 saturated carbocycles. The van der Waals surface area contributed by atoms with E-state index in [2.05, 4.69) is 0 Å². The molecule has 3 aromatic carbocycles. The van der Waals surface area contributed by atoms with Crippen LogP contribution in [0.3, 0.4) is 0 Å². The van der Waals surface area contributed by atoms with Crippen molar-refractivity contribution in [1.29, 1.82) is 0 Å². The summed E-state index contributed by atoms with van der Waals surface area (Å²) in [6.07, 6.45) is 0. The van der Waals surface area contributed by atoms with Gasteiger partial charge in [-0.1, -0.05) is 29.8 Å². The molecule has 1 unspecified atom stereocenters. The highest BCUT2D eigenvalue weighted by Crippen LogP contribution is 2.44. The Bertz CT molecular complexity index is 1420. The Morgan fingerprint density at radius 1 is 1.03 bits per heavy atom. The van der Waals surface area contributed by atoms with Crippen LogP contribution in [0.1, 0.15) is 35.2 Å². The average molecular weight is 540 g/mol. The van der Waals surface area contributed by atoms with Crippen LogP contribution in [0.4, 0.5) is 4.39 Å². The second-order valence-corrected chi connectivity index (χ2v) is 9.13. The number of halogens is 2. The number of Topliss-reactive ketones (excluding diaryl/α,β-unsaturated/α-hetero) is 1. The SMILES string of the molecule is CCOc1cc(C2/C(=C(\O)c3cc(C)cc(Cl)c3OC)C(=O)C(=O)N2Cc2ccc(F)cc2)ccc1OC. The predicted molar refractivity (Wildman–Crippen MR) is 141 cm³/mol. The molecule has 1 heterocycles. The Labute approximate surface area is 225 Å². The van der Waals surface area contributed by atoms with Gasteiger partial charge in [-0.15, -0.1) is 0 Å². The van der Waals surface area contributed by atoms with Crippen LogP contribution >= 0.6 is 11.6 Å². The number of aliphatic hydroxyl groups is 1. The van der Waals surface area contributed by atoms with Crippen molar-refractivity contribution in [1.82, 2.24) is 4.90 Å². The van der Waals surface area contributed by atoms with Gasteiger partial charge < -0.3 is 24.2 Å². The third-order valence-electron chi connectivity index (χ3n) is 6.26. The minimum absolute atomic E-state index is 0.00595. The van der Waals surface area contributed by atoms with Crippen molar-refractivity contribution in [2.45, 2.75) is 26.4 Å². The quantitative estimate of drug-likeness (QED) is 0.220. The van der Waals surface area contributed by atoms with Crippen LogP contribution in [0.2, 0.25) is 5.02 Å². The summed E-state index contributed by atoms with van der Waals surface area (Å²) in [5, 5.41) is 11.8. The van der Waals surface area contributed by atoms with Gasteiger partial charge in [-0.05, 0) is 66.9 Å². The second kappa shape index (κ2) is 11.1. The Balaban J connectivity index is 1.95. The lowest BCUT2D eigenvalue weighted by Crippen LogP contribution is -2.29. The minimum Gasteiger partial charge on any atom is -0.507 e. The Morgan fingerprint density at radius 2 is 1.74 bits per heavy atom. The van der Waals surface area contributed by atoms with Gasteiger partial charge in [-0.3, -0.25) is 9.59 Å². The van der Waals surface area contributed by atoms with E-state index in [-0.39, 0.29) is 28.5 Å². The van der Waals surface area contributed by atoms with E-state index < -0.39 is 29.3 Å². The first kappa shape index (κ1) is 27.0. The van der Waals surface area contributed by atoms with E-state index >= 15 is 0 Å². The smallest absolute Gasteiger partial charge is 0.295 e. The number of ketones is 1. The Morgan fingerprint density at radius 3 is 2.37 bits per heavy atom. The lowest BCUT2D eigenvalue weighted by molar-refractivity contribution is -0.140. The number of likely N-dealkylation sites (tertiary alicyclic amines) is 1. The van der Waals surface area contributed by atoms with Crippen molar-refractivity contribution >= 4 is 29.1 Å². The summed E-state index contributed by atoms with van der Waals surface area (Å²) in [4.78, 5) is 28.2. The van der Waals surface area contributed by atoms with Gasteiger partial charge in [-0.2, -0.15) is 0 Å². The predicted octanol–water partition coefficient (Wildman–Crippen LogP) is 5.83. The number of aryl methyl sites for hydroxylation is 1. The van der Waals surface area contributed by atoms with E-state index in [4.69, 9.17) is 25.8 Å². The number of carbonyl (C=O) groups is 2. The van der Waals surface area contributed by atoms with Gasteiger partial charge in [0.2, 0.25) is 0 Å². The van der Waals surface area contributed by atoms with E-state index in [1.165, 1.54) is 43.4 Å². The van der Waals surface area contributed by atoms with Gasteiger partial charge in [0.05, 0.1) is 43.0 Å². The van der Waals surface area contributed by atoms with Gasteiger partial charge >= 0.3 is 0 Å². The number of rotatable bonds is 8. The number of hydrogen-bond acceptors (Lipinski definition) is 6. The topological polar surface area (TPSA) is 85.3 Å². The minimum atomic E-state index is -0.992. The molecule has 3 aromatic rings. The molecular weight excluding hydrogens is 513 g/mol. The molecule has 0 aromatic heterocycles. The summed E-state index contributed by atoms with van der Waals surface area (Å²) >= 11 is 6.36. The maximum atomic E-state index is 13.5. The maximum absolute atomic E-state index is 13.5. The fourth-order valence-corrected chi connectivity index (χ4v) is 4.92. The molecular formula is C29H27ClFNO6. The molecule has 38 heavy (non-hydrogen) atoms. The van der Waals surface area contributed by atoms with Crippen molar-refractivity contribution in [3.8, 4) is 17.2 Å². The lowest BCUT2D eigenvalue weighted by Gasteiger charge is -2.26. The molecule has 1 N–H and O–H groups in total. The summed E-state index contributed by atoms with van der Waals surface area (Å²) in [5.74, 6) is -1.48. The van der Waals surface area contributed by atoms with Gasteiger partial charge in [0.15, 0.2) is 11.5 Å². The fraction of sp³-hybridized carbons (Fsp3) is 0.241. The summed E-state index contributed by atoms with van der Waals surface area (Å²) in [6, 6.07) is 13.0. The molecule has 9 heteroatoms. The van der Waals surface area contributed by atoms with Crippen LogP contribution in [-0.4, -0.2) is 42.5 Å². The molecule has 7 nitrogen and oxygen atoms in total. The van der Waals surface area contributed by atoms with Crippen LogP contribution in [0, 0.1) is 12.7 Å². The largest absolute Gasteiger partial charge is 0.507 e. The molecule has 1 saturated heterocycles. The van der Waals surface area contributed by atoms with E-state index in [0.717, 1.165) is 5.56 Å². The van der Waals surface area contributed by atoms with Crippen LogP contribution in [-0.2, 0) is 16.1 Å². The summed E-state index contributed by atoms with van der Waals surface area (Å²) in [5.41, 5.74) is 1.88. The zero-order valence-electron chi connectivity index (χ0n) is 21.4. The third kappa shape index (κ3) is 5.04. The number of hydrogen-bond donors (Lipinski definition) is 1. The molecule has 198 valence electrons. The van der Waals surface area contributed by atoms with Crippen molar-refractivity contribution in [2.24, 2.45) is 0 Å². The van der Waals surface area contributed by atoms with Crippen LogP contribution in [0.15, 0.2) is 60.2 Å². The third-order valence-corrected chi connectivity index (χ3v) is 6.54. The van der Waals surface area contributed by atoms with Gasteiger partial charge in [0, 0.05) is 6.54 Å². The molecule has 1 atom stereocenters. The van der Waals surface area contributed by atoms with Crippen molar-refractivity contribution < 1.29 is 33.3 Å². The first-order valence-corrected chi connectivity index (χ1v) is 12.3. The molecule has 0 bridgehead atoms. The highest BCUT2D eigenvalue weighted by atomic mass is 35.5. The van der Waals surface area contributed by atoms with E-state index in [1.807, 2.05) is 6.92 Å². The number of aliphatic hydroxyl groups excluding tert-OH is 1. The normalized spacial score (nSPS) is 16.6. The number of amides is 1. The van der Waals surface area contributed by atoms with E-state index in [0.29, 0.717) is 29.2 Å². The number of benzene rings is 3. The molecule has 0 spiro atoms. The molecule has 1 fully saturated rings. The molecule has 1 aliphatic rings. The summed E-state index contributed by atoms with van der Waals surface area (Å²) < 4.78 is 30.1.